The minimum atomic E-state index is -0.460. The molecule has 0 aliphatic carbocycles. The number of nitrogens with zero attached hydrogens (tertiary/aromatic N) is 4. The molecular formula is C20H28N4O4. The molecule has 2 amide bonds. The smallest absolute Gasteiger partial charge is 0.273 e. The van der Waals surface area contributed by atoms with Crippen LogP contribution in [0.1, 0.15) is 41.6 Å². The van der Waals surface area contributed by atoms with E-state index in [0.29, 0.717) is 43.9 Å². The third-order valence-corrected chi connectivity index (χ3v) is 5.63. The number of piperazine rings is 1. The topological polar surface area (TPSA) is 87.0 Å². The van der Waals surface area contributed by atoms with Gasteiger partial charge in [-0.2, -0.15) is 0 Å². The van der Waals surface area contributed by atoms with Crippen LogP contribution in [-0.4, -0.2) is 77.3 Å². The highest BCUT2D eigenvalue weighted by molar-refractivity contribution is 5.95. The van der Waals surface area contributed by atoms with E-state index in [1.165, 1.54) is 18.9 Å². The van der Waals surface area contributed by atoms with Crippen LogP contribution in [0.15, 0.2) is 18.2 Å². The first kappa shape index (κ1) is 20.3. The van der Waals surface area contributed by atoms with Crippen LogP contribution in [0.5, 0.6) is 0 Å². The van der Waals surface area contributed by atoms with Gasteiger partial charge >= 0.3 is 0 Å². The van der Waals surface area contributed by atoms with E-state index in [0.717, 1.165) is 25.9 Å². The van der Waals surface area contributed by atoms with Crippen molar-refractivity contribution in [1.29, 1.82) is 0 Å². The molecule has 0 bridgehead atoms. The maximum Gasteiger partial charge on any atom is 0.273 e. The molecule has 2 fully saturated rings. The molecule has 3 rings (SSSR count). The van der Waals surface area contributed by atoms with Crippen molar-refractivity contribution in [1.82, 2.24) is 14.7 Å². The van der Waals surface area contributed by atoms with Crippen molar-refractivity contribution in [3.05, 3.63) is 39.4 Å². The predicted molar refractivity (Wildman–Crippen MR) is 105 cm³/mol. The summed E-state index contributed by atoms with van der Waals surface area (Å²) in [6.07, 6.45) is 4.55. The molecule has 152 valence electrons. The van der Waals surface area contributed by atoms with E-state index in [9.17, 15) is 19.7 Å². The summed E-state index contributed by atoms with van der Waals surface area (Å²) in [5.74, 6) is -0.0163. The van der Waals surface area contributed by atoms with Crippen LogP contribution < -0.4 is 0 Å². The molecule has 1 aromatic carbocycles. The van der Waals surface area contributed by atoms with Gasteiger partial charge in [0.15, 0.2) is 0 Å². The van der Waals surface area contributed by atoms with Crippen molar-refractivity contribution in [3.8, 4) is 0 Å². The molecule has 0 atom stereocenters. The normalized spacial score (nSPS) is 18.6. The number of nitro benzene ring substituents is 1. The first-order chi connectivity index (χ1) is 13.5. The van der Waals surface area contributed by atoms with Crippen molar-refractivity contribution in [3.63, 3.8) is 0 Å². The van der Waals surface area contributed by atoms with Crippen LogP contribution in [0.2, 0.25) is 0 Å². The summed E-state index contributed by atoms with van der Waals surface area (Å²) in [5.41, 5.74) is 0.845. The largest absolute Gasteiger partial charge is 0.342 e. The molecule has 0 aromatic heterocycles. The third-order valence-electron chi connectivity index (χ3n) is 5.63. The number of carbonyl (C=O) groups is 2. The molecule has 0 saturated carbocycles. The van der Waals surface area contributed by atoms with Crippen LogP contribution in [0.4, 0.5) is 5.69 Å². The van der Waals surface area contributed by atoms with Crippen LogP contribution in [-0.2, 0) is 4.79 Å². The van der Waals surface area contributed by atoms with Gasteiger partial charge in [0, 0.05) is 56.5 Å². The van der Waals surface area contributed by atoms with Crippen LogP contribution >= 0.6 is 0 Å². The van der Waals surface area contributed by atoms with Gasteiger partial charge < -0.3 is 9.80 Å². The zero-order valence-corrected chi connectivity index (χ0v) is 16.4. The van der Waals surface area contributed by atoms with Gasteiger partial charge in [-0.15, -0.1) is 0 Å². The number of benzene rings is 1. The average Bonchev–Trinajstić information content (AvgIpc) is 2.98. The number of likely N-dealkylation sites (tertiary alicyclic amines) is 1. The van der Waals surface area contributed by atoms with E-state index in [4.69, 9.17) is 0 Å². The van der Waals surface area contributed by atoms with Crippen molar-refractivity contribution in [2.24, 2.45) is 0 Å². The first-order valence-electron chi connectivity index (χ1n) is 10.00. The summed E-state index contributed by atoms with van der Waals surface area (Å²) in [4.78, 5) is 41.7. The van der Waals surface area contributed by atoms with Gasteiger partial charge in [0.2, 0.25) is 5.91 Å². The second kappa shape index (κ2) is 9.14. The minimum Gasteiger partial charge on any atom is -0.342 e. The highest BCUT2D eigenvalue weighted by Crippen LogP contribution is 2.21. The van der Waals surface area contributed by atoms with Crippen molar-refractivity contribution in [2.45, 2.75) is 32.6 Å². The molecular weight excluding hydrogens is 360 g/mol. The van der Waals surface area contributed by atoms with Gasteiger partial charge in [0.25, 0.3) is 11.6 Å². The number of nitro groups is 1. The molecule has 28 heavy (non-hydrogen) atoms. The monoisotopic (exact) mass is 388 g/mol. The molecule has 0 N–H and O–H groups in total. The van der Waals surface area contributed by atoms with Gasteiger partial charge in [-0.1, -0.05) is 18.9 Å². The first-order valence-corrected chi connectivity index (χ1v) is 10.00. The maximum absolute atomic E-state index is 12.7. The molecule has 0 spiro atoms. The fourth-order valence-electron chi connectivity index (χ4n) is 3.84. The Labute approximate surface area is 165 Å². The second-order valence-electron chi connectivity index (χ2n) is 7.62. The van der Waals surface area contributed by atoms with Gasteiger partial charge in [0.1, 0.15) is 0 Å². The van der Waals surface area contributed by atoms with E-state index < -0.39 is 4.92 Å². The van der Waals surface area contributed by atoms with E-state index in [1.807, 2.05) is 4.90 Å². The standard InChI is InChI=1S/C20H28N4O4/c1-16-6-7-17(14-18(16)24(27)28)20(26)23-12-10-21(11-13-23)15-19(25)22-8-4-2-3-5-9-22/h6-7,14H,2-5,8-13,15H2,1H3. The van der Waals surface area contributed by atoms with Gasteiger partial charge in [-0.3, -0.25) is 24.6 Å². The number of carbonyl (C=O) groups excluding carboxylic acids is 2. The molecule has 0 unspecified atom stereocenters. The zero-order chi connectivity index (χ0) is 20.1. The van der Waals surface area contributed by atoms with Gasteiger partial charge in [0.05, 0.1) is 11.5 Å². The van der Waals surface area contributed by atoms with Crippen LogP contribution in [0, 0.1) is 17.0 Å². The molecule has 8 nitrogen and oxygen atoms in total. The van der Waals surface area contributed by atoms with Crippen LogP contribution in [0.3, 0.4) is 0 Å². The fourth-order valence-corrected chi connectivity index (χ4v) is 3.84. The molecule has 2 aliphatic rings. The molecule has 1 aromatic rings. The zero-order valence-electron chi connectivity index (χ0n) is 16.4. The Hall–Kier alpha value is -2.48. The summed E-state index contributed by atoms with van der Waals surface area (Å²) in [6, 6.07) is 4.61. The summed E-state index contributed by atoms with van der Waals surface area (Å²) >= 11 is 0. The third kappa shape index (κ3) is 4.86. The minimum absolute atomic E-state index is 0.0347. The van der Waals surface area contributed by atoms with Crippen molar-refractivity contribution >= 4 is 17.5 Å². The van der Waals surface area contributed by atoms with E-state index >= 15 is 0 Å². The molecule has 8 heteroatoms. The lowest BCUT2D eigenvalue weighted by Gasteiger charge is -2.35. The van der Waals surface area contributed by atoms with Crippen molar-refractivity contribution < 1.29 is 14.5 Å². The number of hydrogen-bond donors (Lipinski definition) is 0. The Morgan fingerprint density at radius 3 is 2.21 bits per heavy atom. The SMILES string of the molecule is Cc1ccc(C(=O)N2CCN(CC(=O)N3CCCCCC3)CC2)cc1[N+](=O)[O-]. The average molecular weight is 388 g/mol. The molecule has 0 radical (unpaired) electrons. The number of rotatable bonds is 4. The maximum atomic E-state index is 12.7. The van der Waals surface area contributed by atoms with E-state index in [-0.39, 0.29) is 17.5 Å². The lowest BCUT2D eigenvalue weighted by atomic mass is 10.1. The summed E-state index contributed by atoms with van der Waals surface area (Å²) in [7, 11) is 0. The predicted octanol–water partition coefficient (Wildman–Crippen LogP) is 2.06. The van der Waals surface area contributed by atoms with Crippen LogP contribution in [0.25, 0.3) is 0 Å². The summed E-state index contributed by atoms with van der Waals surface area (Å²) in [5, 5.41) is 11.1. The Morgan fingerprint density at radius 2 is 1.61 bits per heavy atom. The van der Waals surface area contributed by atoms with E-state index in [1.54, 1.807) is 24.0 Å². The summed E-state index contributed by atoms with van der Waals surface area (Å²) < 4.78 is 0. The Bertz CT molecular complexity index is 736. The Kier molecular flexibility index (Phi) is 6.61. The number of amides is 2. The molecule has 2 aliphatic heterocycles. The Balaban J connectivity index is 1.53. The van der Waals surface area contributed by atoms with Gasteiger partial charge in [-0.25, -0.2) is 0 Å². The quantitative estimate of drug-likeness (QED) is 0.582. The van der Waals surface area contributed by atoms with Crippen molar-refractivity contribution in [2.75, 3.05) is 45.8 Å². The number of aryl methyl sites for hydroxylation is 1. The lowest BCUT2D eigenvalue weighted by molar-refractivity contribution is -0.385. The lowest BCUT2D eigenvalue weighted by Crippen LogP contribution is -2.51. The number of hydrogen-bond acceptors (Lipinski definition) is 5. The van der Waals surface area contributed by atoms with E-state index in [2.05, 4.69) is 4.90 Å². The Morgan fingerprint density at radius 1 is 0.964 bits per heavy atom. The van der Waals surface area contributed by atoms with Gasteiger partial charge in [-0.05, 0) is 25.8 Å². The molecule has 2 heterocycles. The highest BCUT2D eigenvalue weighted by atomic mass is 16.6. The second-order valence-corrected chi connectivity index (χ2v) is 7.62. The highest BCUT2D eigenvalue weighted by Gasteiger charge is 2.26. The fraction of sp³-hybridized carbons (Fsp3) is 0.600. The molecule has 2 saturated heterocycles. The summed E-state index contributed by atoms with van der Waals surface area (Å²) in [6.45, 7) is 6.08.